The molecule has 5 nitrogen and oxygen atoms in total. The maximum Gasteiger partial charge on any atom is 0.317 e. The second-order valence-corrected chi connectivity index (χ2v) is 6.09. The van der Waals surface area contributed by atoms with E-state index in [0.29, 0.717) is 30.9 Å². The lowest BCUT2D eigenvalue weighted by Crippen LogP contribution is -2.46. The predicted octanol–water partition coefficient (Wildman–Crippen LogP) is 3.31. The summed E-state index contributed by atoms with van der Waals surface area (Å²) < 4.78 is 5.95. The van der Waals surface area contributed by atoms with Gasteiger partial charge in [-0.2, -0.15) is 5.26 Å². The van der Waals surface area contributed by atoms with E-state index in [-0.39, 0.29) is 12.1 Å². The van der Waals surface area contributed by atoms with Crippen molar-refractivity contribution in [2.75, 3.05) is 13.1 Å². The van der Waals surface area contributed by atoms with Crippen LogP contribution in [-0.4, -0.2) is 30.1 Å². The van der Waals surface area contributed by atoms with Crippen molar-refractivity contribution in [1.29, 1.82) is 5.26 Å². The molecule has 5 heteroatoms. The van der Waals surface area contributed by atoms with Gasteiger partial charge in [0, 0.05) is 32.5 Å². The van der Waals surface area contributed by atoms with Crippen LogP contribution in [0.2, 0.25) is 0 Å². The van der Waals surface area contributed by atoms with E-state index >= 15 is 0 Å². The number of hydrogen-bond donors (Lipinski definition) is 1. The first kappa shape index (κ1) is 16.8. The van der Waals surface area contributed by atoms with Gasteiger partial charge in [0.2, 0.25) is 0 Å². The van der Waals surface area contributed by atoms with Crippen molar-refractivity contribution in [3.8, 4) is 11.8 Å². The van der Waals surface area contributed by atoms with Gasteiger partial charge < -0.3 is 15.0 Å². The number of benzene rings is 2. The number of nitriles is 1. The minimum atomic E-state index is -0.0335. The third-order valence-corrected chi connectivity index (χ3v) is 4.28. The highest BCUT2D eigenvalue weighted by molar-refractivity contribution is 5.74. The number of nitrogens with zero attached hydrogens (tertiary/aromatic N) is 2. The quantitative estimate of drug-likeness (QED) is 0.932. The number of carbonyl (C=O) groups excluding carboxylic acids is 1. The van der Waals surface area contributed by atoms with Gasteiger partial charge in [0.25, 0.3) is 0 Å². The molecule has 0 aliphatic carbocycles. The molecule has 0 unspecified atom stereocenters. The van der Waals surface area contributed by atoms with E-state index in [0.717, 1.165) is 18.4 Å². The molecule has 3 rings (SSSR count). The molecule has 2 amide bonds. The molecule has 1 N–H and O–H groups in total. The van der Waals surface area contributed by atoms with Crippen LogP contribution < -0.4 is 10.1 Å². The number of piperidine rings is 1. The molecule has 1 heterocycles. The van der Waals surface area contributed by atoms with E-state index in [9.17, 15) is 4.79 Å². The minimum Gasteiger partial charge on any atom is -0.490 e. The molecule has 1 saturated heterocycles. The summed E-state index contributed by atoms with van der Waals surface area (Å²) in [7, 11) is 0. The maximum absolute atomic E-state index is 12.3. The Morgan fingerprint density at radius 3 is 2.64 bits per heavy atom. The lowest BCUT2D eigenvalue weighted by molar-refractivity contribution is 0.111. The molecule has 0 atom stereocenters. The molecule has 1 fully saturated rings. The SMILES string of the molecule is N#Cc1cccc(OC2CCN(C(=O)NCc3ccccc3)CC2)c1. The van der Waals surface area contributed by atoms with Crippen molar-refractivity contribution in [1.82, 2.24) is 10.2 Å². The molecular weight excluding hydrogens is 314 g/mol. The van der Waals surface area contributed by atoms with Gasteiger partial charge in [0.05, 0.1) is 11.6 Å². The van der Waals surface area contributed by atoms with E-state index in [1.54, 1.807) is 12.1 Å². The fourth-order valence-corrected chi connectivity index (χ4v) is 2.89. The van der Waals surface area contributed by atoms with Crippen LogP contribution in [0, 0.1) is 11.3 Å². The summed E-state index contributed by atoms with van der Waals surface area (Å²) in [5, 5.41) is 11.9. The molecule has 2 aromatic rings. The molecule has 1 aliphatic heterocycles. The Hall–Kier alpha value is -3.00. The lowest BCUT2D eigenvalue weighted by atomic mass is 10.1. The van der Waals surface area contributed by atoms with E-state index in [4.69, 9.17) is 10.00 Å². The van der Waals surface area contributed by atoms with E-state index < -0.39 is 0 Å². The topological polar surface area (TPSA) is 65.4 Å². The highest BCUT2D eigenvalue weighted by Gasteiger charge is 2.23. The zero-order chi connectivity index (χ0) is 17.5. The number of ether oxygens (including phenoxy) is 1. The van der Waals surface area contributed by atoms with Gasteiger partial charge in [-0.05, 0) is 23.8 Å². The summed E-state index contributed by atoms with van der Waals surface area (Å²) in [6, 6.07) is 19.1. The third-order valence-electron chi connectivity index (χ3n) is 4.28. The molecule has 0 aromatic heterocycles. The van der Waals surface area contributed by atoms with Gasteiger partial charge >= 0.3 is 6.03 Å². The van der Waals surface area contributed by atoms with Crippen LogP contribution in [-0.2, 0) is 6.54 Å². The normalized spacial score (nSPS) is 14.6. The third kappa shape index (κ3) is 4.74. The first-order valence-corrected chi connectivity index (χ1v) is 8.48. The first-order valence-electron chi connectivity index (χ1n) is 8.48. The second kappa shape index (κ2) is 8.20. The second-order valence-electron chi connectivity index (χ2n) is 6.09. The molecular formula is C20H21N3O2. The zero-order valence-corrected chi connectivity index (χ0v) is 14.0. The van der Waals surface area contributed by atoms with Crippen LogP contribution in [0.1, 0.15) is 24.0 Å². The predicted molar refractivity (Wildman–Crippen MR) is 95.1 cm³/mol. The summed E-state index contributed by atoms with van der Waals surface area (Å²) in [6.45, 7) is 1.88. The standard InChI is InChI=1S/C20H21N3O2/c21-14-17-7-4-8-19(13-17)25-18-9-11-23(12-10-18)20(24)22-15-16-5-2-1-3-6-16/h1-8,13,18H,9-12,15H2,(H,22,24). The summed E-state index contributed by atoms with van der Waals surface area (Å²) in [5.74, 6) is 0.714. The molecule has 25 heavy (non-hydrogen) atoms. The van der Waals surface area contributed by atoms with Gasteiger partial charge in [0.1, 0.15) is 11.9 Å². The van der Waals surface area contributed by atoms with Crippen LogP contribution in [0.25, 0.3) is 0 Å². The average molecular weight is 335 g/mol. The van der Waals surface area contributed by atoms with Gasteiger partial charge in [-0.25, -0.2) is 4.79 Å². The minimum absolute atomic E-state index is 0.0335. The Bertz CT molecular complexity index is 747. The molecule has 0 bridgehead atoms. The Balaban J connectivity index is 1.45. The first-order chi connectivity index (χ1) is 12.2. The molecule has 0 radical (unpaired) electrons. The average Bonchev–Trinajstić information content (AvgIpc) is 2.67. The highest BCUT2D eigenvalue weighted by atomic mass is 16.5. The Morgan fingerprint density at radius 2 is 1.92 bits per heavy atom. The van der Waals surface area contributed by atoms with Crippen molar-refractivity contribution in [2.24, 2.45) is 0 Å². The van der Waals surface area contributed by atoms with E-state index in [2.05, 4.69) is 11.4 Å². The van der Waals surface area contributed by atoms with Crippen LogP contribution >= 0.6 is 0 Å². The number of amides is 2. The number of hydrogen-bond acceptors (Lipinski definition) is 3. The fourth-order valence-electron chi connectivity index (χ4n) is 2.89. The van der Waals surface area contributed by atoms with Crippen molar-refractivity contribution in [3.05, 3.63) is 65.7 Å². The summed E-state index contributed by atoms with van der Waals surface area (Å²) in [4.78, 5) is 14.1. The smallest absolute Gasteiger partial charge is 0.317 e. The molecule has 128 valence electrons. The lowest BCUT2D eigenvalue weighted by Gasteiger charge is -2.32. The Kier molecular flexibility index (Phi) is 5.53. The monoisotopic (exact) mass is 335 g/mol. The van der Waals surface area contributed by atoms with Gasteiger partial charge in [-0.1, -0.05) is 36.4 Å². The van der Waals surface area contributed by atoms with Gasteiger partial charge in [0.15, 0.2) is 0 Å². The molecule has 0 saturated carbocycles. The fraction of sp³-hybridized carbons (Fsp3) is 0.300. The van der Waals surface area contributed by atoms with Crippen molar-refractivity contribution in [3.63, 3.8) is 0 Å². The number of carbonyl (C=O) groups is 1. The van der Waals surface area contributed by atoms with Gasteiger partial charge in [-0.15, -0.1) is 0 Å². The van der Waals surface area contributed by atoms with Crippen molar-refractivity contribution < 1.29 is 9.53 Å². The van der Waals surface area contributed by atoms with Crippen LogP contribution in [0.15, 0.2) is 54.6 Å². The summed E-state index contributed by atoms with van der Waals surface area (Å²) in [6.07, 6.45) is 1.65. The van der Waals surface area contributed by atoms with Crippen LogP contribution in [0.5, 0.6) is 5.75 Å². The van der Waals surface area contributed by atoms with Crippen molar-refractivity contribution >= 4 is 6.03 Å². The Labute approximate surface area is 147 Å². The number of urea groups is 1. The summed E-state index contributed by atoms with van der Waals surface area (Å²) in [5.41, 5.74) is 1.68. The number of nitrogens with one attached hydrogen (secondary N) is 1. The highest BCUT2D eigenvalue weighted by Crippen LogP contribution is 2.20. The maximum atomic E-state index is 12.3. The number of rotatable bonds is 4. The molecule has 2 aromatic carbocycles. The largest absolute Gasteiger partial charge is 0.490 e. The van der Waals surface area contributed by atoms with Gasteiger partial charge in [-0.3, -0.25) is 0 Å². The summed E-state index contributed by atoms with van der Waals surface area (Å²) >= 11 is 0. The van der Waals surface area contributed by atoms with Crippen LogP contribution in [0.4, 0.5) is 4.79 Å². The van der Waals surface area contributed by atoms with E-state index in [1.165, 1.54) is 0 Å². The van der Waals surface area contributed by atoms with Crippen molar-refractivity contribution in [2.45, 2.75) is 25.5 Å². The molecule has 1 aliphatic rings. The Morgan fingerprint density at radius 1 is 1.16 bits per heavy atom. The van der Waals surface area contributed by atoms with E-state index in [1.807, 2.05) is 47.4 Å². The molecule has 0 spiro atoms. The number of likely N-dealkylation sites (tertiary alicyclic amines) is 1. The zero-order valence-electron chi connectivity index (χ0n) is 14.0. The van der Waals surface area contributed by atoms with Crippen LogP contribution in [0.3, 0.4) is 0 Å².